The van der Waals surface area contributed by atoms with Crippen molar-refractivity contribution in [3.05, 3.63) is 28.2 Å². The molecule has 6 nitrogen and oxygen atoms in total. The Morgan fingerprint density at radius 2 is 2.29 bits per heavy atom. The first kappa shape index (κ1) is 15.8. The Labute approximate surface area is 131 Å². The highest BCUT2D eigenvalue weighted by atomic mass is 79.9. The number of carbonyl (C=O) groups is 2. The standard InChI is InChI=1S/C14H17BrN2O4/c1-9-2-3-11(15)12(6-9)16-14(20)17-4-5-21-10(8-17)7-13(18)19/h2-3,6,10H,4-5,7-8H2,1H3,(H,16,20)(H,18,19). The van der Waals surface area contributed by atoms with Crippen LogP contribution in [0.3, 0.4) is 0 Å². The summed E-state index contributed by atoms with van der Waals surface area (Å²) >= 11 is 3.39. The number of benzene rings is 1. The first-order valence-electron chi connectivity index (χ1n) is 6.61. The van der Waals surface area contributed by atoms with Crippen molar-refractivity contribution in [3.63, 3.8) is 0 Å². The van der Waals surface area contributed by atoms with Crippen LogP contribution in [0.15, 0.2) is 22.7 Å². The number of morpholine rings is 1. The number of carboxylic acids is 1. The average Bonchev–Trinajstić information content (AvgIpc) is 2.42. The number of ether oxygens (including phenoxy) is 1. The van der Waals surface area contributed by atoms with Crippen LogP contribution in [-0.4, -0.2) is 47.8 Å². The summed E-state index contributed by atoms with van der Waals surface area (Å²) < 4.78 is 6.15. The van der Waals surface area contributed by atoms with Gasteiger partial charge in [-0.2, -0.15) is 0 Å². The van der Waals surface area contributed by atoms with Gasteiger partial charge in [-0.15, -0.1) is 0 Å². The number of hydrogen-bond donors (Lipinski definition) is 2. The summed E-state index contributed by atoms with van der Waals surface area (Å²) in [5, 5.41) is 11.6. The van der Waals surface area contributed by atoms with Gasteiger partial charge in [-0.1, -0.05) is 6.07 Å². The van der Waals surface area contributed by atoms with Gasteiger partial charge in [-0.05, 0) is 40.5 Å². The number of halogens is 1. The van der Waals surface area contributed by atoms with E-state index in [9.17, 15) is 9.59 Å². The van der Waals surface area contributed by atoms with Crippen molar-refractivity contribution < 1.29 is 19.4 Å². The SMILES string of the molecule is Cc1ccc(Br)c(NC(=O)N2CCOC(CC(=O)O)C2)c1. The first-order chi connectivity index (χ1) is 9.95. The van der Waals surface area contributed by atoms with E-state index < -0.39 is 12.1 Å². The molecular weight excluding hydrogens is 340 g/mol. The minimum Gasteiger partial charge on any atom is -0.481 e. The van der Waals surface area contributed by atoms with Crippen LogP contribution in [0.25, 0.3) is 0 Å². The van der Waals surface area contributed by atoms with Gasteiger partial charge < -0.3 is 20.1 Å². The van der Waals surface area contributed by atoms with Crippen LogP contribution in [0.4, 0.5) is 10.5 Å². The average molecular weight is 357 g/mol. The van der Waals surface area contributed by atoms with Gasteiger partial charge in [0.05, 0.1) is 24.8 Å². The molecule has 0 radical (unpaired) electrons. The van der Waals surface area contributed by atoms with E-state index in [0.717, 1.165) is 10.0 Å². The molecule has 1 aliphatic heterocycles. The van der Waals surface area contributed by atoms with Crippen molar-refractivity contribution in [1.82, 2.24) is 4.90 Å². The molecule has 2 amide bonds. The topological polar surface area (TPSA) is 78.9 Å². The molecule has 1 heterocycles. The summed E-state index contributed by atoms with van der Waals surface area (Å²) in [4.78, 5) is 24.5. The highest BCUT2D eigenvalue weighted by Gasteiger charge is 2.26. The van der Waals surface area contributed by atoms with E-state index >= 15 is 0 Å². The van der Waals surface area contributed by atoms with Crippen molar-refractivity contribution in [2.75, 3.05) is 25.0 Å². The van der Waals surface area contributed by atoms with E-state index in [1.165, 1.54) is 0 Å². The van der Waals surface area contributed by atoms with Gasteiger partial charge in [-0.25, -0.2) is 4.79 Å². The molecule has 1 saturated heterocycles. The smallest absolute Gasteiger partial charge is 0.322 e. The molecule has 1 aromatic carbocycles. The Bertz CT molecular complexity index is 550. The molecule has 1 fully saturated rings. The molecule has 2 N–H and O–H groups in total. The number of hydrogen-bond acceptors (Lipinski definition) is 3. The molecule has 0 bridgehead atoms. The molecule has 0 aliphatic carbocycles. The number of aliphatic carboxylic acids is 1. The zero-order valence-electron chi connectivity index (χ0n) is 11.6. The lowest BCUT2D eigenvalue weighted by Crippen LogP contribution is -2.47. The largest absolute Gasteiger partial charge is 0.481 e. The van der Waals surface area contributed by atoms with E-state index in [2.05, 4.69) is 21.2 Å². The third-order valence-electron chi connectivity index (χ3n) is 3.19. The van der Waals surface area contributed by atoms with E-state index in [1.807, 2.05) is 25.1 Å². The van der Waals surface area contributed by atoms with Gasteiger partial charge in [0, 0.05) is 17.6 Å². The normalized spacial score (nSPS) is 18.4. The Morgan fingerprint density at radius 3 is 3.00 bits per heavy atom. The van der Waals surface area contributed by atoms with E-state index in [0.29, 0.717) is 18.8 Å². The zero-order valence-corrected chi connectivity index (χ0v) is 13.2. The number of aryl methyl sites for hydroxylation is 1. The van der Waals surface area contributed by atoms with Crippen LogP contribution in [0.5, 0.6) is 0 Å². The van der Waals surface area contributed by atoms with Crippen LogP contribution in [0.2, 0.25) is 0 Å². The summed E-state index contributed by atoms with van der Waals surface area (Å²) in [5.74, 6) is -0.927. The summed E-state index contributed by atoms with van der Waals surface area (Å²) in [6.07, 6.45) is -0.555. The maximum atomic E-state index is 12.3. The summed E-state index contributed by atoms with van der Waals surface area (Å²) in [7, 11) is 0. The molecule has 1 atom stereocenters. The van der Waals surface area contributed by atoms with Crippen LogP contribution >= 0.6 is 15.9 Å². The lowest BCUT2D eigenvalue weighted by atomic mass is 10.2. The Kier molecular flexibility index (Phi) is 5.19. The molecule has 1 aliphatic rings. The molecule has 7 heteroatoms. The van der Waals surface area contributed by atoms with Gasteiger partial charge in [0.25, 0.3) is 0 Å². The number of carboxylic acid groups (broad SMARTS) is 1. The number of carbonyl (C=O) groups excluding carboxylic acids is 1. The third-order valence-corrected chi connectivity index (χ3v) is 3.88. The summed E-state index contributed by atoms with van der Waals surface area (Å²) in [6.45, 7) is 3.02. The quantitative estimate of drug-likeness (QED) is 0.871. The van der Waals surface area contributed by atoms with Crippen molar-refractivity contribution in [3.8, 4) is 0 Å². The zero-order chi connectivity index (χ0) is 15.4. The second-order valence-electron chi connectivity index (χ2n) is 4.95. The second-order valence-corrected chi connectivity index (χ2v) is 5.80. The highest BCUT2D eigenvalue weighted by Crippen LogP contribution is 2.24. The Hall–Kier alpha value is -1.60. The first-order valence-corrected chi connectivity index (χ1v) is 7.40. The van der Waals surface area contributed by atoms with Crippen LogP contribution in [0.1, 0.15) is 12.0 Å². The maximum Gasteiger partial charge on any atom is 0.322 e. The van der Waals surface area contributed by atoms with Crippen LogP contribution < -0.4 is 5.32 Å². The second kappa shape index (κ2) is 6.91. The third kappa shape index (κ3) is 4.44. The van der Waals surface area contributed by atoms with Crippen LogP contribution in [0, 0.1) is 6.92 Å². The minimum absolute atomic E-state index is 0.0993. The van der Waals surface area contributed by atoms with Crippen molar-refractivity contribution >= 4 is 33.6 Å². The predicted octanol–water partition coefficient (Wildman–Crippen LogP) is 2.46. The van der Waals surface area contributed by atoms with Gasteiger partial charge in [0.1, 0.15) is 0 Å². The van der Waals surface area contributed by atoms with Gasteiger partial charge in [-0.3, -0.25) is 4.79 Å². The van der Waals surface area contributed by atoms with E-state index in [-0.39, 0.29) is 19.0 Å². The molecule has 1 aromatic rings. The molecule has 0 saturated carbocycles. The summed E-state index contributed by atoms with van der Waals surface area (Å²) in [6, 6.07) is 5.44. The molecule has 21 heavy (non-hydrogen) atoms. The van der Waals surface area contributed by atoms with E-state index in [4.69, 9.17) is 9.84 Å². The number of amides is 2. The number of nitrogens with zero attached hydrogens (tertiary/aromatic N) is 1. The minimum atomic E-state index is -0.927. The number of anilines is 1. The predicted molar refractivity (Wildman–Crippen MR) is 81.5 cm³/mol. The molecule has 2 rings (SSSR count). The number of urea groups is 1. The highest BCUT2D eigenvalue weighted by molar-refractivity contribution is 9.10. The fourth-order valence-electron chi connectivity index (χ4n) is 2.15. The number of nitrogens with one attached hydrogen (secondary N) is 1. The Morgan fingerprint density at radius 1 is 1.52 bits per heavy atom. The fraction of sp³-hybridized carbons (Fsp3) is 0.429. The Balaban J connectivity index is 1.99. The maximum absolute atomic E-state index is 12.3. The van der Waals surface area contributed by atoms with Crippen molar-refractivity contribution in [1.29, 1.82) is 0 Å². The fourth-order valence-corrected chi connectivity index (χ4v) is 2.50. The van der Waals surface area contributed by atoms with Gasteiger partial charge in [0.15, 0.2) is 0 Å². The van der Waals surface area contributed by atoms with Crippen molar-refractivity contribution in [2.45, 2.75) is 19.4 Å². The molecule has 114 valence electrons. The van der Waals surface area contributed by atoms with Gasteiger partial charge in [0.2, 0.25) is 0 Å². The lowest BCUT2D eigenvalue weighted by Gasteiger charge is -2.32. The van der Waals surface area contributed by atoms with Crippen LogP contribution in [-0.2, 0) is 9.53 Å². The number of rotatable bonds is 3. The monoisotopic (exact) mass is 356 g/mol. The summed E-state index contributed by atoms with van der Waals surface area (Å²) in [5.41, 5.74) is 1.74. The van der Waals surface area contributed by atoms with E-state index in [1.54, 1.807) is 4.90 Å². The molecular formula is C14H17BrN2O4. The van der Waals surface area contributed by atoms with Gasteiger partial charge >= 0.3 is 12.0 Å². The molecule has 1 unspecified atom stereocenters. The molecule has 0 aromatic heterocycles. The lowest BCUT2D eigenvalue weighted by molar-refractivity contribution is -0.141. The van der Waals surface area contributed by atoms with Crippen molar-refractivity contribution in [2.24, 2.45) is 0 Å². The molecule has 0 spiro atoms.